The van der Waals surface area contributed by atoms with E-state index in [0.29, 0.717) is 75.0 Å². The average Bonchev–Trinajstić information content (AvgIpc) is 3.89. The first-order valence-electron chi connectivity index (χ1n) is 21.3. The van der Waals surface area contributed by atoms with Crippen LogP contribution in [0.25, 0.3) is 22.1 Å². The van der Waals surface area contributed by atoms with Crippen molar-refractivity contribution >= 4 is 51.5 Å². The maximum Gasteiger partial charge on any atom is 0.365 e. The molecule has 3 aromatic heterocycles. The van der Waals surface area contributed by atoms with Gasteiger partial charge in [0.25, 0.3) is 0 Å². The molecule has 0 saturated carbocycles. The molecule has 8 bridgehead atoms. The molecule has 60 heavy (non-hydrogen) atoms. The topological polar surface area (TPSA) is 173 Å². The first-order valence-corrected chi connectivity index (χ1v) is 21.3. The molecule has 0 saturated heterocycles. The molecule has 0 fully saturated rings. The van der Waals surface area contributed by atoms with Gasteiger partial charge in [0.05, 0.1) is 45.0 Å². The molecule has 0 aromatic carbocycles. The molecular formula is C47H63N6O7+. The number of methoxy groups -OCH3 is 1. The number of Topliss-reactive ketones (excluding diaryl/α,β-unsaturated/α-hetero) is 2. The lowest BCUT2D eigenvalue weighted by atomic mass is 9.84. The molecule has 1 unspecified atom stereocenters. The van der Waals surface area contributed by atoms with Gasteiger partial charge in [-0.05, 0) is 90.1 Å². The highest BCUT2D eigenvalue weighted by molar-refractivity contribution is 6.23. The first-order chi connectivity index (χ1) is 28.1. The van der Waals surface area contributed by atoms with Crippen molar-refractivity contribution in [3.8, 4) is 0 Å². The third-order valence-electron chi connectivity index (χ3n) is 12.7. The highest BCUT2D eigenvalue weighted by Crippen LogP contribution is 2.48. The van der Waals surface area contributed by atoms with Gasteiger partial charge in [0.1, 0.15) is 11.5 Å². The number of ketones is 2. The number of nitrogens with one attached hydrogen (secondary N) is 3. The summed E-state index contributed by atoms with van der Waals surface area (Å²) in [6, 6.07) is 5.54. The van der Waals surface area contributed by atoms with Gasteiger partial charge in [0.2, 0.25) is 5.91 Å². The highest BCUT2D eigenvalue weighted by atomic mass is 16.6. The molecule has 1 aliphatic carbocycles. The number of nitrogens with zero attached hydrogens (tertiary/aromatic N) is 3. The molecule has 13 nitrogen and oxygen atoms in total. The molecule has 3 aliphatic rings. The van der Waals surface area contributed by atoms with E-state index in [0.717, 1.165) is 34.4 Å². The van der Waals surface area contributed by atoms with Crippen LogP contribution in [0.4, 0.5) is 0 Å². The summed E-state index contributed by atoms with van der Waals surface area (Å²) in [5.41, 5.74) is 8.05. The Morgan fingerprint density at radius 3 is 2.13 bits per heavy atom. The van der Waals surface area contributed by atoms with Gasteiger partial charge < -0.3 is 29.2 Å². The predicted molar refractivity (Wildman–Crippen MR) is 231 cm³/mol. The number of aryl methyl sites for hydroxylation is 2. The van der Waals surface area contributed by atoms with E-state index in [1.165, 1.54) is 7.11 Å². The summed E-state index contributed by atoms with van der Waals surface area (Å²) in [6.45, 7) is 17.6. The molecule has 0 radical (unpaired) electrons. The Morgan fingerprint density at radius 2 is 1.52 bits per heavy atom. The highest BCUT2D eigenvalue weighted by Gasteiger charge is 2.45. The zero-order valence-corrected chi connectivity index (χ0v) is 37.6. The van der Waals surface area contributed by atoms with E-state index in [2.05, 4.69) is 29.1 Å². The summed E-state index contributed by atoms with van der Waals surface area (Å²) >= 11 is 0. The maximum atomic E-state index is 14.4. The summed E-state index contributed by atoms with van der Waals surface area (Å²) in [5, 5.41) is 3.05. The van der Waals surface area contributed by atoms with Crippen molar-refractivity contribution in [3.63, 3.8) is 0 Å². The van der Waals surface area contributed by atoms with E-state index in [-0.39, 0.29) is 53.5 Å². The molecule has 2 aliphatic heterocycles. The number of H-pyrrole nitrogens is 2. The Labute approximate surface area is 353 Å². The van der Waals surface area contributed by atoms with Crippen LogP contribution in [0.1, 0.15) is 170 Å². The molecule has 3 N–H and O–H groups in total. The molecule has 6 rings (SSSR count). The third kappa shape index (κ3) is 8.42. The minimum atomic E-state index is -1.23. The van der Waals surface area contributed by atoms with E-state index < -0.39 is 23.5 Å². The summed E-state index contributed by atoms with van der Waals surface area (Å²) in [6.07, 6.45) is 2.50. The van der Waals surface area contributed by atoms with Gasteiger partial charge in [0, 0.05) is 87.9 Å². The Balaban J connectivity index is 1.44. The quantitative estimate of drug-likeness (QED) is 0.0540. The van der Waals surface area contributed by atoms with Gasteiger partial charge in [-0.15, -0.1) is 0 Å². The lowest BCUT2D eigenvalue weighted by Gasteiger charge is -2.34. The van der Waals surface area contributed by atoms with Gasteiger partial charge in [-0.3, -0.25) is 29.1 Å². The summed E-state index contributed by atoms with van der Waals surface area (Å²) in [5.74, 6) is -3.14. The van der Waals surface area contributed by atoms with Crippen molar-refractivity contribution in [2.75, 3.05) is 34.8 Å². The van der Waals surface area contributed by atoms with Gasteiger partial charge in [-0.25, -0.2) is 4.79 Å². The van der Waals surface area contributed by atoms with Crippen molar-refractivity contribution in [2.24, 2.45) is 0 Å². The molecule has 322 valence electrons. The number of ether oxygens (including phenoxy) is 2. The second kappa shape index (κ2) is 16.7. The third-order valence-corrected chi connectivity index (χ3v) is 12.7. The summed E-state index contributed by atoms with van der Waals surface area (Å²) in [4.78, 5) is 85.1. The zero-order valence-electron chi connectivity index (χ0n) is 37.6. The fourth-order valence-electron chi connectivity index (χ4n) is 9.42. The second-order valence-electron chi connectivity index (χ2n) is 18.9. The van der Waals surface area contributed by atoms with Crippen LogP contribution in [0, 0.1) is 13.8 Å². The lowest BCUT2D eigenvalue weighted by molar-refractivity contribution is -0.887. The largest absolute Gasteiger partial charge is 0.468 e. The fraction of sp³-hybridized carbons (Fsp3) is 0.553. The number of hydrogen-bond donors (Lipinski definition) is 3. The predicted octanol–water partition coefficient (Wildman–Crippen LogP) is 7.86. The summed E-state index contributed by atoms with van der Waals surface area (Å²) < 4.78 is 11.4. The van der Waals surface area contributed by atoms with Crippen molar-refractivity contribution in [3.05, 3.63) is 68.8 Å². The Hall–Kier alpha value is -5.17. The number of carbonyl (C=O) groups excluding carboxylic acids is 5. The number of carbonyl (C=O) groups is 5. The number of amides is 1. The molecular weight excluding hydrogens is 761 g/mol. The van der Waals surface area contributed by atoms with Gasteiger partial charge in [-0.1, -0.05) is 20.8 Å². The average molecular weight is 824 g/mol. The van der Waals surface area contributed by atoms with Crippen molar-refractivity contribution in [2.45, 2.75) is 136 Å². The van der Waals surface area contributed by atoms with Crippen LogP contribution in [0.5, 0.6) is 0 Å². The van der Waals surface area contributed by atoms with Crippen LogP contribution in [-0.2, 0) is 23.9 Å². The number of rotatable bonds is 12. The lowest BCUT2D eigenvalue weighted by Crippen LogP contribution is -2.52. The number of likely N-dealkylation sites (N-methyl/N-ethyl adjacent to an activating group) is 1. The fourth-order valence-corrected chi connectivity index (χ4v) is 9.42. The van der Waals surface area contributed by atoms with E-state index in [1.807, 2.05) is 80.9 Å². The monoisotopic (exact) mass is 823 g/mol. The normalized spacial score (nSPS) is 20.6. The molecule has 5 heterocycles. The van der Waals surface area contributed by atoms with Crippen molar-refractivity contribution in [1.82, 2.24) is 25.3 Å². The van der Waals surface area contributed by atoms with E-state index in [1.54, 1.807) is 6.92 Å². The van der Waals surface area contributed by atoms with Gasteiger partial charge in [-0.2, -0.15) is 0 Å². The van der Waals surface area contributed by atoms with Crippen LogP contribution in [-0.4, -0.2) is 100 Å². The molecule has 3 aromatic rings. The molecule has 1 amide bonds. The smallest absolute Gasteiger partial charge is 0.365 e. The Morgan fingerprint density at radius 1 is 0.900 bits per heavy atom. The minimum absolute atomic E-state index is 0.0697. The maximum absolute atomic E-state index is 14.4. The Kier molecular flexibility index (Phi) is 12.4. The van der Waals surface area contributed by atoms with Gasteiger partial charge >= 0.3 is 11.9 Å². The summed E-state index contributed by atoms with van der Waals surface area (Å²) in [7, 11) is 7.16. The van der Waals surface area contributed by atoms with Crippen LogP contribution < -0.4 is 5.32 Å². The number of fused-ring (bicyclic) bond motifs is 8. The number of esters is 2. The zero-order chi connectivity index (χ0) is 44.2. The standard InChI is InChI=1S/C47H62N6O7/c1-14-28-23(2)30-22-35-38(27(6)54)25(4)32(50-35)20-31-24(3)29(17-18-37(55)48-19-15-16-36(53(10,11)12)45(57)60-47(7,8)9)42(51-31)40-41(46(58)59-13)44(56)39-26(5)33(52-43(39)40)21-34(28)49-30/h20-24,28-29,36,41H,14-19H2,1-13H3,(H2-,48,49,50,51,52,54,55,56)/p+1/t23-,24+,28-,29+,36+,41?/m1/s1. The molecule has 6 atom stereocenters. The number of quaternary nitrogens is 1. The van der Waals surface area contributed by atoms with E-state index in [9.17, 15) is 24.0 Å². The number of aromatic amines is 2. The van der Waals surface area contributed by atoms with Gasteiger partial charge in [0.15, 0.2) is 17.6 Å². The van der Waals surface area contributed by atoms with Crippen LogP contribution in [0.3, 0.4) is 0 Å². The van der Waals surface area contributed by atoms with E-state index in [4.69, 9.17) is 19.4 Å². The number of aromatic nitrogens is 4. The van der Waals surface area contributed by atoms with Crippen LogP contribution in [0.15, 0.2) is 18.2 Å². The minimum Gasteiger partial charge on any atom is -0.468 e. The van der Waals surface area contributed by atoms with E-state index >= 15 is 0 Å². The molecule has 13 heteroatoms. The van der Waals surface area contributed by atoms with Crippen molar-refractivity contribution < 1.29 is 37.9 Å². The SMILES string of the molecule is CC[C@H]1c2cc3[nH]c4c(c3C)C(=O)C(C(=O)OC)c4c3nc(cc4[nH]c(cc(n2)[C@@H]1C)c(C(C)=O)c4C)[C@@H](C)[C@@H]3CCC(=O)NCCC[C@@H](C(=O)OC(C)(C)C)[N+](C)(C)C. The Bertz CT molecular complexity index is 2410. The van der Waals surface area contributed by atoms with Crippen molar-refractivity contribution in [1.29, 1.82) is 0 Å². The molecule has 0 spiro atoms. The number of hydrogen-bond acceptors (Lipinski definition) is 9. The first kappa shape index (κ1) is 44.4. The van der Waals surface area contributed by atoms with Crippen LogP contribution in [0.2, 0.25) is 0 Å². The van der Waals surface area contributed by atoms with Crippen LogP contribution >= 0.6 is 0 Å². The second-order valence-corrected chi connectivity index (χ2v) is 18.9.